The Morgan fingerprint density at radius 3 is 2.21 bits per heavy atom. The van der Waals surface area contributed by atoms with Crippen molar-refractivity contribution in [1.82, 2.24) is 0 Å². The highest BCUT2D eigenvalue weighted by Gasteiger charge is 2.33. The van der Waals surface area contributed by atoms with E-state index in [4.69, 9.17) is 16.3 Å². The summed E-state index contributed by atoms with van der Waals surface area (Å²) in [6.45, 7) is 3.88. The predicted octanol–water partition coefficient (Wildman–Crippen LogP) is 5.98. The van der Waals surface area contributed by atoms with Crippen LogP contribution >= 0.6 is 11.6 Å². The zero-order chi connectivity index (χ0) is 24.9. The maximum absolute atomic E-state index is 13.0. The maximum Gasteiger partial charge on any atom is 0.417 e. The predicted molar refractivity (Wildman–Crippen MR) is 124 cm³/mol. The van der Waals surface area contributed by atoms with Gasteiger partial charge in [-0.2, -0.15) is 13.2 Å². The van der Waals surface area contributed by atoms with Gasteiger partial charge in [-0.25, -0.2) is 8.42 Å². The summed E-state index contributed by atoms with van der Waals surface area (Å²) in [5.41, 5.74) is -0.781. The molecule has 34 heavy (non-hydrogen) atoms. The van der Waals surface area contributed by atoms with Crippen LogP contribution in [-0.2, 0) is 16.2 Å². The van der Waals surface area contributed by atoms with Crippen molar-refractivity contribution in [1.29, 1.82) is 0 Å². The fraction of sp³-hybridized carbons (Fsp3) is 0.0870. The van der Waals surface area contributed by atoms with Crippen molar-refractivity contribution in [3.05, 3.63) is 95.5 Å². The summed E-state index contributed by atoms with van der Waals surface area (Å²) in [4.78, 5) is 12.2. The van der Waals surface area contributed by atoms with E-state index in [0.717, 1.165) is 12.1 Å². The summed E-state index contributed by atoms with van der Waals surface area (Å²) in [6.07, 6.45) is -3.15. The van der Waals surface area contributed by atoms with E-state index >= 15 is 0 Å². The van der Waals surface area contributed by atoms with Gasteiger partial charge in [0.25, 0.3) is 15.9 Å². The molecule has 0 saturated heterocycles. The van der Waals surface area contributed by atoms with Gasteiger partial charge in [0.2, 0.25) is 0 Å². The molecular weight excluding hydrogens is 493 g/mol. The molecule has 0 atom stereocenters. The molecule has 2 N–H and O–H groups in total. The number of hydrogen-bond donors (Lipinski definition) is 2. The third-order valence-electron chi connectivity index (χ3n) is 4.43. The molecule has 0 unspecified atom stereocenters. The molecule has 11 heteroatoms. The molecule has 0 aliphatic rings. The van der Waals surface area contributed by atoms with Gasteiger partial charge in [0, 0.05) is 16.9 Å². The molecule has 3 aromatic rings. The number of benzene rings is 3. The lowest BCUT2D eigenvalue weighted by Crippen LogP contribution is -2.15. The molecule has 0 bridgehead atoms. The topological polar surface area (TPSA) is 84.5 Å². The van der Waals surface area contributed by atoms with Crippen LogP contribution in [0.4, 0.5) is 24.5 Å². The van der Waals surface area contributed by atoms with Gasteiger partial charge in [-0.3, -0.25) is 9.52 Å². The van der Waals surface area contributed by atoms with Crippen LogP contribution in [0.3, 0.4) is 0 Å². The zero-order valence-corrected chi connectivity index (χ0v) is 19.0. The minimum absolute atomic E-state index is 0.210. The molecule has 0 heterocycles. The third kappa shape index (κ3) is 6.30. The Kier molecular flexibility index (Phi) is 7.53. The molecule has 0 radical (unpaired) electrons. The van der Waals surface area contributed by atoms with Crippen LogP contribution < -0.4 is 14.8 Å². The van der Waals surface area contributed by atoms with Crippen molar-refractivity contribution in [2.75, 3.05) is 16.6 Å². The number of anilines is 2. The Labute approximate surface area is 199 Å². The highest BCUT2D eigenvalue weighted by Crippen LogP contribution is 2.36. The van der Waals surface area contributed by atoms with Crippen LogP contribution in [0.25, 0.3) is 0 Å². The second-order valence-electron chi connectivity index (χ2n) is 6.90. The number of ether oxygens (including phenoxy) is 1. The van der Waals surface area contributed by atoms with Gasteiger partial charge < -0.3 is 10.1 Å². The van der Waals surface area contributed by atoms with Gasteiger partial charge in [-0.05, 0) is 66.7 Å². The van der Waals surface area contributed by atoms with E-state index in [1.807, 2.05) is 0 Å². The van der Waals surface area contributed by atoms with Crippen LogP contribution in [-0.4, -0.2) is 20.9 Å². The standard InChI is InChI=1S/C23H18ClF3N2O4S/c1-2-13-33-18-8-3-15(4-9-18)22(30)28-16-5-10-19(11-6-16)34(31,32)29-17-7-12-21(24)20(14-17)23(25,26)27/h2-12,14,29H,1,13H2,(H,28,30). The molecule has 0 saturated carbocycles. The smallest absolute Gasteiger partial charge is 0.417 e. The number of halogens is 4. The number of rotatable bonds is 8. The molecule has 1 amide bonds. The average Bonchev–Trinajstić information content (AvgIpc) is 2.78. The molecule has 0 aromatic heterocycles. The first kappa shape index (κ1) is 25.1. The van der Waals surface area contributed by atoms with Crippen LogP contribution in [0.15, 0.2) is 84.3 Å². The zero-order valence-electron chi connectivity index (χ0n) is 17.4. The van der Waals surface area contributed by atoms with E-state index in [0.29, 0.717) is 29.7 Å². The molecule has 0 aliphatic carbocycles. The summed E-state index contributed by atoms with van der Waals surface area (Å²) >= 11 is 5.56. The fourth-order valence-corrected chi connectivity index (χ4v) is 4.07. The lowest BCUT2D eigenvalue weighted by Gasteiger charge is -2.13. The maximum atomic E-state index is 13.0. The quantitative estimate of drug-likeness (QED) is 0.365. The Morgan fingerprint density at radius 2 is 1.62 bits per heavy atom. The fourth-order valence-electron chi connectivity index (χ4n) is 2.80. The van der Waals surface area contributed by atoms with Crippen molar-refractivity contribution in [3.8, 4) is 5.75 Å². The van der Waals surface area contributed by atoms with Crippen molar-refractivity contribution < 1.29 is 31.1 Å². The monoisotopic (exact) mass is 510 g/mol. The van der Waals surface area contributed by atoms with Gasteiger partial charge in [0.05, 0.1) is 15.5 Å². The number of carbonyl (C=O) groups excluding carboxylic acids is 1. The summed E-state index contributed by atoms with van der Waals surface area (Å²) in [7, 11) is -4.19. The van der Waals surface area contributed by atoms with Crippen molar-refractivity contribution in [3.63, 3.8) is 0 Å². The Hall–Kier alpha value is -3.50. The second kappa shape index (κ2) is 10.2. The second-order valence-corrected chi connectivity index (χ2v) is 8.99. The number of alkyl halides is 3. The first-order valence-corrected chi connectivity index (χ1v) is 11.5. The average molecular weight is 511 g/mol. The summed E-state index contributed by atoms with van der Waals surface area (Å²) < 4.78 is 71.7. The lowest BCUT2D eigenvalue weighted by molar-refractivity contribution is -0.137. The van der Waals surface area contributed by atoms with E-state index in [-0.39, 0.29) is 10.6 Å². The van der Waals surface area contributed by atoms with Crippen molar-refractivity contribution >= 4 is 38.9 Å². The van der Waals surface area contributed by atoms with Crippen molar-refractivity contribution in [2.45, 2.75) is 11.1 Å². The third-order valence-corrected chi connectivity index (χ3v) is 6.16. The Morgan fingerprint density at radius 1 is 1.00 bits per heavy atom. The normalized spacial score (nSPS) is 11.5. The van der Waals surface area contributed by atoms with Gasteiger partial charge in [0.15, 0.2) is 0 Å². The number of carbonyl (C=O) groups is 1. The van der Waals surface area contributed by atoms with E-state index in [1.165, 1.54) is 24.3 Å². The molecule has 6 nitrogen and oxygen atoms in total. The molecule has 0 spiro atoms. The summed E-state index contributed by atoms with van der Waals surface area (Å²) in [5, 5.41) is 2.08. The molecular formula is C23H18ClF3N2O4S. The first-order valence-electron chi connectivity index (χ1n) is 9.64. The minimum Gasteiger partial charge on any atom is -0.490 e. The SMILES string of the molecule is C=CCOc1ccc(C(=O)Nc2ccc(S(=O)(=O)Nc3ccc(Cl)c(C(F)(F)F)c3)cc2)cc1. The summed E-state index contributed by atoms with van der Waals surface area (Å²) in [6, 6.07) is 14.2. The molecule has 3 aromatic carbocycles. The van der Waals surface area contributed by atoms with E-state index in [1.54, 1.807) is 30.3 Å². The van der Waals surface area contributed by atoms with E-state index < -0.39 is 32.7 Å². The molecule has 178 valence electrons. The Bertz CT molecular complexity index is 1290. The molecule has 0 fully saturated rings. The number of amides is 1. The van der Waals surface area contributed by atoms with Crippen LogP contribution in [0.1, 0.15) is 15.9 Å². The van der Waals surface area contributed by atoms with Gasteiger partial charge in [-0.1, -0.05) is 24.3 Å². The minimum atomic E-state index is -4.74. The van der Waals surface area contributed by atoms with E-state index in [9.17, 15) is 26.4 Å². The van der Waals surface area contributed by atoms with Gasteiger partial charge in [0.1, 0.15) is 12.4 Å². The summed E-state index contributed by atoms with van der Waals surface area (Å²) in [5.74, 6) is 0.145. The number of nitrogens with one attached hydrogen (secondary N) is 2. The lowest BCUT2D eigenvalue weighted by atomic mass is 10.2. The van der Waals surface area contributed by atoms with Crippen molar-refractivity contribution in [2.24, 2.45) is 0 Å². The Balaban J connectivity index is 1.70. The van der Waals surface area contributed by atoms with Gasteiger partial charge >= 0.3 is 6.18 Å². The highest BCUT2D eigenvalue weighted by atomic mass is 35.5. The molecule has 0 aliphatic heterocycles. The molecule has 3 rings (SSSR count). The first-order chi connectivity index (χ1) is 16.0. The van der Waals surface area contributed by atoms with Gasteiger partial charge in [-0.15, -0.1) is 0 Å². The van der Waals surface area contributed by atoms with Crippen LogP contribution in [0, 0.1) is 0 Å². The van der Waals surface area contributed by atoms with Crippen LogP contribution in [0.5, 0.6) is 5.75 Å². The highest BCUT2D eigenvalue weighted by molar-refractivity contribution is 7.92. The van der Waals surface area contributed by atoms with E-state index in [2.05, 4.69) is 16.6 Å². The largest absolute Gasteiger partial charge is 0.490 e. The number of sulfonamides is 1. The van der Waals surface area contributed by atoms with Crippen LogP contribution in [0.2, 0.25) is 5.02 Å². The number of hydrogen-bond acceptors (Lipinski definition) is 4.